The number of rotatable bonds is 3. The Kier molecular flexibility index (Phi) is 5.17. The molecule has 0 aromatic heterocycles. The van der Waals surface area contributed by atoms with Gasteiger partial charge in [-0.3, -0.25) is 0 Å². The molecule has 33 heavy (non-hydrogen) atoms. The first-order chi connectivity index (χ1) is 16.1. The Labute approximate surface area is 199 Å². The van der Waals surface area contributed by atoms with Crippen molar-refractivity contribution in [3.05, 3.63) is 107 Å². The lowest BCUT2D eigenvalue weighted by atomic mass is 9.75. The summed E-state index contributed by atoms with van der Waals surface area (Å²) in [6.07, 6.45) is 9.14. The standard InChI is InChI=1S/C29H28N2OS/c1-29(2)23-13-6-7-14-25(23)32-26-18-21(15-16-24(26)29)20-11-8-12-22(17-20)28-31-30-27(33-28)19-9-4-3-5-10-19/h4,6-18,27-28,30-31H,3,5H2,1-2H3. The molecule has 166 valence electrons. The van der Waals surface area contributed by atoms with Crippen LogP contribution in [0.1, 0.15) is 48.8 Å². The summed E-state index contributed by atoms with van der Waals surface area (Å²) in [5.41, 5.74) is 14.4. The Bertz CT molecular complexity index is 1280. The number of allylic oxidation sites excluding steroid dienone is 2. The summed E-state index contributed by atoms with van der Waals surface area (Å²) in [6, 6.07) is 23.9. The van der Waals surface area contributed by atoms with Crippen LogP contribution in [0.15, 0.2) is 90.5 Å². The van der Waals surface area contributed by atoms with E-state index in [1.54, 1.807) is 0 Å². The van der Waals surface area contributed by atoms with Crippen molar-refractivity contribution in [2.45, 2.75) is 42.9 Å². The molecule has 3 aromatic rings. The van der Waals surface area contributed by atoms with E-state index in [9.17, 15) is 0 Å². The molecule has 3 aromatic carbocycles. The third kappa shape index (κ3) is 3.72. The van der Waals surface area contributed by atoms with Crippen LogP contribution in [0.25, 0.3) is 11.1 Å². The normalized spacial score (nSPS) is 22.8. The molecule has 3 nitrogen and oxygen atoms in total. The largest absolute Gasteiger partial charge is 0.457 e. The van der Waals surface area contributed by atoms with E-state index in [0.29, 0.717) is 0 Å². The lowest BCUT2D eigenvalue weighted by molar-refractivity contribution is 0.418. The molecule has 2 heterocycles. The van der Waals surface area contributed by atoms with E-state index in [2.05, 4.69) is 104 Å². The monoisotopic (exact) mass is 452 g/mol. The minimum Gasteiger partial charge on any atom is -0.457 e. The van der Waals surface area contributed by atoms with Gasteiger partial charge in [-0.1, -0.05) is 80.6 Å². The maximum atomic E-state index is 6.35. The van der Waals surface area contributed by atoms with Gasteiger partial charge in [0.2, 0.25) is 0 Å². The number of thioether (sulfide) groups is 1. The average Bonchev–Trinajstić information content (AvgIpc) is 3.35. The maximum absolute atomic E-state index is 6.35. The highest BCUT2D eigenvalue weighted by molar-refractivity contribution is 8.00. The predicted molar refractivity (Wildman–Crippen MR) is 137 cm³/mol. The number of fused-ring (bicyclic) bond motifs is 2. The average molecular weight is 453 g/mol. The molecular formula is C29H28N2OS. The number of ether oxygens (including phenoxy) is 1. The number of hydrogen-bond acceptors (Lipinski definition) is 4. The van der Waals surface area contributed by atoms with Crippen LogP contribution in [-0.2, 0) is 5.41 Å². The SMILES string of the molecule is CC1(C)c2ccccc2Oc2cc(-c3cccc(C4NNC(C5=CCCC=C5)S4)c3)ccc21. The van der Waals surface area contributed by atoms with E-state index in [-0.39, 0.29) is 16.2 Å². The van der Waals surface area contributed by atoms with Crippen LogP contribution in [0.3, 0.4) is 0 Å². The van der Waals surface area contributed by atoms with Crippen LogP contribution in [0, 0.1) is 0 Å². The van der Waals surface area contributed by atoms with Crippen LogP contribution < -0.4 is 15.6 Å². The fourth-order valence-electron chi connectivity index (χ4n) is 5.03. The molecule has 6 rings (SSSR count). The van der Waals surface area contributed by atoms with Crippen molar-refractivity contribution in [3.63, 3.8) is 0 Å². The first-order valence-electron chi connectivity index (χ1n) is 11.6. The molecule has 0 amide bonds. The third-order valence-electron chi connectivity index (χ3n) is 6.90. The Hall–Kier alpha value is -2.79. The molecular weight excluding hydrogens is 424 g/mol. The smallest absolute Gasteiger partial charge is 0.132 e. The van der Waals surface area contributed by atoms with Crippen LogP contribution in [-0.4, -0.2) is 5.37 Å². The van der Waals surface area contributed by atoms with Crippen molar-refractivity contribution in [1.29, 1.82) is 0 Å². The quantitative estimate of drug-likeness (QED) is 0.439. The summed E-state index contributed by atoms with van der Waals surface area (Å²) < 4.78 is 6.35. The summed E-state index contributed by atoms with van der Waals surface area (Å²) in [7, 11) is 0. The number of hydrazine groups is 1. The number of para-hydroxylation sites is 1. The number of hydrogen-bond donors (Lipinski definition) is 2. The molecule has 0 saturated carbocycles. The van der Waals surface area contributed by atoms with Gasteiger partial charge in [0.25, 0.3) is 0 Å². The molecule has 2 aliphatic heterocycles. The second-order valence-corrected chi connectivity index (χ2v) is 10.6. The molecule has 1 fully saturated rings. The zero-order chi connectivity index (χ0) is 22.4. The highest BCUT2D eigenvalue weighted by Crippen LogP contribution is 2.48. The van der Waals surface area contributed by atoms with Gasteiger partial charge in [-0.15, -0.1) is 11.8 Å². The van der Waals surface area contributed by atoms with E-state index in [0.717, 1.165) is 24.3 Å². The first kappa shape index (κ1) is 20.8. The van der Waals surface area contributed by atoms with Gasteiger partial charge in [0, 0.05) is 16.5 Å². The van der Waals surface area contributed by atoms with Gasteiger partial charge in [-0.25, -0.2) is 10.9 Å². The number of benzene rings is 3. The number of nitrogens with one attached hydrogen (secondary N) is 2. The van der Waals surface area contributed by atoms with Gasteiger partial charge < -0.3 is 4.74 Å². The summed E-state index contributed by atoms with van der Waals surface area (Å²) >= 11 is 1.92. The van der Waals surface area contributed by atoms with E-state index >= 15 is 0 Å². The van der Waals surface area contributed by atoms with Crippen LogP contribution in [0.4, 0.5) is 0 Å². The summed E-state index contributed by atoms with van der Waals surface area (Å²) in [4.78, 5) is 0. The highest BCUT2D eigenvalue weighted by Gasteiger charge is 2.34. The molecule has 1 aliphatic carbocycles. The molecule has 0 bridgehead atoms. The van der Waals surface area contributed by atoms with Gasteiger partial charge in [0.05, 0.1) is 10.7 Å². The fourth-order valence-corrected chi connectivity index (χ4v) is 6.21. The van der Waals surface area contributed by atoms with Crippen molar-refractivity contribution in [2.24, 2.45) is 0 Å². The van der Waals surface area contributed by atoms with Crippen molar-refractivity contribution in [1.82, 2.24) is 10.9 Å². The van der Waals surface area contributed by atoms with Gasteiger partial charge in [-0.05, 0) is 53.3 Å². The minimum absolute atomic E-state index is 0.0854. The Morgan fingerprint density at radius 3 is 2.52 bits per heavy atom. The Morgan fingerprint density at radius 2 is 1.64 bits per heavy atom. The molecule has 2 N–H and O–H groups in total. The zero-order valence-corrected chi connectivity index (χ0v) is 19.8. The molecule has 0 spiro atoms. The maximum Gasteiger partial charge on any atom is 0.132 e. The summed E-state index contributed by atoms with van der Waals surface area (Å²) in [5, 5.41) is 0.500. The lowest BCUT2D eigenvalue weighted by Crippen LogP contribution is -2.31. The molecule has 1 saturated heterocycles. The molecule has 2 atom stereocenters. The van der Waals surface area contributed by atoms with Gasteiger partial charge in [0.1, 0.15) is 11.5 Å². The van der Waals surface area contributed by atoms with Gasteiger partial charge in [0.15, 0.2) is 0 Å². The second kappa shape index (κ2) is 8.21. The first-order valence-corrected chi connectivity index (χ1v) is 12.6. The van der Waals surface area contributed by atoms with E-state index in [4.69, 9.17) is 4.74 Å². The van der Waals surface area contributed by atoms with Gasteiger partial charge >= 0.3 is 0 Å². The van der Waals surface area contributed by atoms with Crippen molar-refractivity contribution >= 4 is 11.8 Å². The van der Waals surface area contributed by atoms with Crippen molar-refractivity contribution in [3.8, 4) is 22.6 Å². The molecule has 0 radical (unpaired) electrons. The van der Waals surface area contributed by atoms with Gasteiger partial charge in [-0.2, -0.15) is 0 Å². The fraction of sp³-hybridized carbons (Fsp3) is 0.241. The Balaban J connectivity index is 1.28. The van der Waals surface area contributed by atoms with E-state index in [1.807, 2.05) is 17.8 Å². The van der Waals surface area contributed by atoms with Crippen molar-refractivity contribution < 1.29 is 4.74 Å². The van der Waals surface area contributed by atoms with E-state index < -0.39 is 0 Å². The molecule has 4 heteroatoms. The van der Waals surface area contributed by atoms with E-state index in [1.165, 1.54) is 33.4 Å². The van der Waals surface area contributed by atoms with Crippen LogP contribution in [0.5, 0.6) is 11.5 Å². The summed E-state index contributed by atoms with van der Waals surface area (Å²) in [5.74, 6) is 1.91. The lowest BCUT2D eigenvalue weighted by Gasteiger charge is -2.34. The molecule has 2 unspecified atom stereocenters. The van der Waals surface area contributed by atoms with Crippen LogP contribution >= 0.6 is 11.8 Å². The Morgan fingerprint density at radius 1 is 0.818 bits per heavy atom. The third-order valence-corrected chi connectivity index (χ3v) is 8.23. The topological polar surface area (TPSA) is 33.3 Å². The predicted octanol–water partition coefficient (Wildman–Crippen LogP) is 7.23. The van der Waals surface area contributed by atoms with Crippen LogP contribution in [0.2, 0.25) is 0 Å². The summed E-state index contributed by atoms with van der Waals surface area (Å²) in [6.45, 7) is 4.55. The minimum atomic E-state index is -0.0854. The molecule has 3 aliphatic rings. The zero-order valence-electron chi connectivity index (χ0n) is 19.0. The highest BCUT2D eigenvalue weighted by atomic mass is 32.2. The van der Waals surface area contributed by atoms with Crippen molar-refractivity contribution in [2.75, 3.05) is 0 Å². The second-order valence-electron chi connectivity index (χ2n) is 9.43.